The van der Waals surface area contributed by atoms with Gasteiger partial charge in [-0.25, -0.2) is 0 Å². The van der Waals surface area contributed by atoms with E-state index in [1.165, 1.54) is 0 Å². The van der Waals surface area contributed by atoms with E-state index in [0.29, 0.717) is 50.5 Å². The summed E-state index contributed by atoms with van der Waals surface area (Å²) in [5, 5.41) is 134. The van der Waals surface area contributed by atoms with Crippen LogP contribution in [0.4, 0.5) is 0 Å². The lowest BCUT2D eigenvalue weighted by atomic mass is 9.39. The molecule has 1 heterocycles. The van der Waals surface area contributed by atoms with E-state index in [1.54, 1.807) is 6.92 Å². The average molecular weight is 819 g/mol. The maximum atomic E-state index is 13.9. The predicted octanol–water partition coefficient (Wildman–Crippen LogP) is -0.0790. The van der Waals surface area contributed by atoms with E-state index in [2.05, 4.69) is 13.5 Å². The highest BCUT2D eigenvalue weighted by Gasteiger charge is 2.71. The fraction of sp³-hybridized carbons (Fsp3) is 0.821. The van der Waals surface area contributed by atoms with Crippen molar-refractivity contribution in [3.05, 3.63) is 35.2 Å². The van der Waals surface area contributed by atoms with Crippen molar-refractivity contribution in [1.82, 2.24) is 0 Å². The second-order valence-corrected chi connectivity index (χ2v) is 17.2. The van der Waals surface area contributed by atoms with Crippen molar-refractivity contribution in [3.8, 4) is 0 Å². The molecule has 5 aliphatic rings. The van der Waals surface area contributed by atoms with Gasteiger partial charge in [0.2, 0.25) is 18.3 Å². The molecule has 0 radical (unpaired) electrons. The Morgan fingerprint density at radius 1 is 0.825 bits per heavy atom. The lowest BCUT2D eigenvalue weighted by Gasteiger charge is -2.65. The van der Waals surface area contributed by atoms with Gasteiger partial charge in [-0.2, -0.15) is 0 Å². The molecule has 4 saturated carbocycles. The summed E-state index contributed by atoms with van der Waals surface area (Å²) < 4.78 is 22.6. The van der Waals surface area contributed by atoms with Crippen molar-refractivity contribution in [2.45, 2.75) is 146 Å². The molecule has 13 N–H and O–H groups in total. The Hall–Kier alpha value is -2.59. The average Bonchev–Trinajstić information content (AvgIpc) is 3.26. The number of hydrogen-bond donors (Lipinski definition) is 13. The lowest BCUT2D eigenvalue weighted by molar-refractivity contribution is -0.295. The van der Waals surface area contributed by atoms with Crippen molar-refractivity contribution in [2.75, 3.05) is 19.8 Å². The van der Waals surface area contributed by atoms with Gasteiger partial charge in [0.25, 0.3) is 6.29 Å². The van der Waals surface area contributed by atoms with Crippen molar-refractivity contribution >= 4 is 5.97 Å². The summed E-state index contributed by atoms with van der Waals surface area (Å²) in [6.07, 6.45) is -12.7. The van der Waals surface area contributed by atoms with E-state index in [9.17, 15) is 66.1 Å². The second-order valence-electron chi connectivity index (χ2n) is 17.2. The van der Waals surface area contributed by atoms with Gasteiger partial charge in [-0.05, 0) is 86.0 Å². The molecule has 326 valence electrons. The molecule has 18 nitrogen and oxygen atoms in total. The van der Waals surface area contributed by atoms with Gasteiger partial charge in [0.1, 0.15) is 36.6 Å². The van der Waals surface area contributed by atoms with E-state index in [0.717, 1.165) is 6.42 Å². The SMILES string of the molecule is C=C1CC23CCC4[C@](C)(C(=O)OC(O)/C(O)=C(/O)C(O)CCO)CCC[C@@]4(C)[C@@H]2CC[C@]1(OC(O)/C(O)=C(\OC1OC(CO)C(O)C(O)C1O)C(O)CCO)[C@@H]3C. The zero-order valence-electron chi connectivity index (χ0n) is 32.7. The molecule has 2 bridgehead atoms. The summed E-state index contributed by atoms with van der Waals surface area (Å²) in [7, 11) is 0. The van der Waals surface area contributed by atoms with Crippen LogP contribution in [0.3, 0.4) is 0 Å². The number of ether oxygens (including phenoxy) is 4. The molecule has 1 aliphatic heterocycles. The van der Waals surface area contributed by atoms with Crippen molar-refractivity contribution in [1.29, 1.82) is 0 Å². The lowest BCUT2D eigenvalue weighted by Crippen LogP contribution is -2.62. The summed E-state index contributed by atoms with van der Waals surface area (Å²) in [6, 6.07) is 0. The highest BCUT2D eigenvalue weighted by atomic mass is 16.7. The Morgan fingerprint density at radius 2 is 1.46 bits per heavy atom. The van der Waals surface area contributed by atoms with Crippen LogP contribution in [0.25, 0.3) is 0 Å². The van der Waals surface area contributed by atoms with Crippen LogP contribution in [0.5, 0.6) is 0 Å². The van der Waals surface area contributed by atoms with Gasteiger partial charge < -0.3 is 85.3 Å². The minimum Gasteiger partial charge on any atom is -0.506 e. The van der Waals surface area contributed by atoms with Crippen molar-refractivity contribution in [3.63, 3.8) is 0 Å². The van der Waals surface area contributed by atoms with Gasteiger partial charge in [0.05, 0.1) is 17.6 Å². The molecule has 0 aromatic rings. The molecule has 5 rings (SSSR count). The number of fused-ring (bicyclic) bond motifs is 3. The number of carbonyl (C=O) groups is 1. The van der Waals surface area contributed by atoms with Crippen LogP contribution in [0.15, 0.2) is 35.2 Å². The van der Waals surface area contributed by atoms with E-state index < -0.39 is 126 Å². The molecule has 1 spiro atoms. The van der Waals surface area contributed by atoms with Crippen LogP contribution in [-0.4, -0.2) is 153 Å². The monoisotopic (exact) mass is 818 g/mol. The third-order valence-electron chi connectivity index (χ3n) is 14.4. The first kappa shape index (κ1) is 45.5. The maximum Gasteiger partial charge on any atom is 0.314 e. The summed E-state index contributed by atoms with van der Waals surface area (Å²) >= 11 is 0. The minimum absolute atomic E-state index is 0.0239. The number of carbonyl (C=O) groups excluding carboxylic acids is 1. The predicted molar refractivity (Wildman–Crippen MR) is 195 cm³/mol. The van der Waals surface area contributed by atoms with Gasteiger partial charge in [-0.3, -0.25) is 4.79 Å². The van der Waals surface area contributed by atoms with Gasteiger partial charge in [0, 0.05) is 26.1 Å². The van der Waals surface area contributed by atoms with E-state index >= 15 is 0 Å². The quantitative estimate of drug-likeness (QED) is 0.0445. The van der Waals surface area contributed by atoms with Crippen molar-refractivity contribution in [2.24, 2.45) is 34.0 Å². The topological polar surface area (TPSA) is 317 Å². The van der Waals surface area contributed by atoms with Crippen LogP contribution in [0.2, 0.25) is 0 Å². The number of hydrogen-bond acceptors (Lipinski definition) is 18. The zero-order valence-corrected chi connectivity index (χ0v) is 32.7. The standard InChI is InChI=1S/C39H62O18/c1-18-16-38-12-6-23-36(3,10-5-11-37(23,4)35(53)56-32(51)28(48)25(45)20(43)8-14-40)24(38)7-13-39(18,19(38)2)57-33(52)30(50)31(21(44)9-15-41)55-34-29(49)27(47)26(46)22(17-42)54-34/h19-24,26-27,29,32-34,40-52H,1,5-17H2,2-4H3/b28-25-,31-30+/t19-,20?,21?,22?,23?,24+,26?,27?,29?,32?,33?,34?,36-,37-,38?,39-/m1/s1. The zero-order chi connectivity index (χ0) is 42.4. The molecule has 16 atom stereocenters. The van der Waals surface area contributed by atoms with E-state index in [-0.39, 0.29) is 30.6 Å². The van der Waals surface area contributed by atoms with Gasteiger partial charge >= 0.3 is 5.97 Å². The number of aliphatic hydroxyl groups excluding tert-OH is 13. The molecule has 0 amide bonds. The summed E-state index contributed by atoms with van der Waals surface area (Å²) in [4.78, 5) is 13.9. The molecule has 4 aliphatic carbocycles. The first-order valence-electron chi connectivity index (χ1n) is 19.7. The van der Waals surface area contributed by atoms with Crippen LogP contribution >= 0.6 is 0 Å². The Morgan fingerprint density at radius 3 is 2.09 bits per heavy atom. The van der Waals surface area contributed by atoms with E-state index in [1.807, 2.05) is 6.92 Å². The third kappa shape index (κ3) is 7.70. The molecule has 5 fully saturated rings. The second kappa shape index (κ2) is 17.2. The van der Waals surface area contributed by atoms with Crippen LogP contribution < -0.4 is 0 Å². The van der Waals surface area contributed by atoms with Gasteiger partial charge in [-0.1, -0.05) is 26.8 Å². The largest absolute Gasteiger partial charge is 0.506 e. The fourth-order valence-electron chi connectivity index (χ4n) is 11.4. The Labute approximate surface area is 330 Å². The first-order chi connectivity index (χ1) is 26.7. The summed E-state index contributed by atoms with van der Waals surface area (Å²) in [5.74, 6) is -5.14. The molecule has 18 heteroatoms. The molecule has 0 aromatic carbocycles. The third-order valence-corrected chi connectivity index (χ3v) is 14.4. The molecule has 11 unspecified atom stereocenters. The summed E-state index contributed by atoms with van der Waals surface area (Å²) in [5.41, 5.74) is -2.44. The Balaban J connectivity index is 1.38. The molecule has 1 saturated heterocycles. The molecular formula is C39H62O18. The maximum absolute atomic E-state index is 13.9. The number of aliphatic hydroxyl groups is 13. The fourth-order valence-corrected chi connectivity index (χ4v) is 11.4. The normalized spacial score (nSPS) is 42.1. The number of rotatable bonds is 15. The van der Waals surface area contributed by atoms with Crippen LogP contribution in [-0.2, 0) is 23.7 Å². The smallest absolute Gasteiger partial charge is 0.314 e. The molecule has 0 aromatic heterocycles. The minimum atomic E-state index is -2.25. The number of esters is 1. The van der Waals surface area contributed by atoms with Gasteiger partial charge in [-0.15, -0.1) is 0 Å². The van der Waals surface area contributed by atoms with Crippen LogP contribution in [0.1, 0.15) is 85.0 Å². The Kier molecular flexibility index (Phi) is 13.7. The molecule has 57 heavy (non-hydrogen) atoms. The van der Waals surface area contributed by atoms with Crippen LogP contribution in [0, 0.1) is 34.0 Å². The van der Waals surface area contributed by atoms with Gasteiger partial charge in [0.15, 0.2) is 17.3 Å². The first-order valence-corrected chi connectivity index (χ1v) is 19.7. The molecular weight excluding hydrogens is 756 g/mol. The van der Waals surface area contributed by atoms with Crippen molar-refractivity contribution < 1.29 is 90.1 Å². The highest BCUT2D eigenvalue weighted by molar-refractivity contribution is 5.77. The summed E-state index contributed by atoms with van der Waals surface area (Å²) in [6.45, 7) is 8.43. The Bertz CT molecular complexity index is 1530. The highest BCUT2D eigenvalue weighted by Crippen LogP contribution is 2.75. The van der Waals surface area contributed by atoms with E-state index in [4.69, 9.17) is 24.1 Å².